The molecule has 6 nitrogen and oxygen atoms in total. The van der Waals surface area contributed by atoms with E-state index >= 15 is 0 Å². The highest BCUT2D eigenvalue weighted by atomic mass is 32.2. The molecule has 7 heteroatoms. The van der Waals surface area contributed by atoms with Crippen LogP contribution < -0.4 is 0 Å². The second kappa shape index (κ2) is 3.94. The summed E-state index contributed by atoms with van der Waals surface area (Å²) >= 11 is 0. The summed E-state index contributed by atoms with van der Waals surface area (Å²) in [7, 11) is -2.87. The predicted octanol–water partition coefficient (Wildman–Crippen LogP) is 0.412. The molecule has 1 fully saturated rings. The number of hydrogen-bond donors (Lipinski definition) is 1. The molecule has 1 saturated heterocycles. The molecule has 3 heterocycles. The SMILES string of the molecule is O=S1(=O)CCC(Cc2nnc3ccc(O)cn23)C1. The van der Waals surface area contributed by atoms with Gasteiger partial charge in [0.25, 0.3) is 0 Å². The summed E-state index contributed by atoms with van der Waals surface area (Å²) in [5.74, 6) is 1.43. The van der Waals surface area contributed by atoms with Crippen LogP contribution in [0.2, 0.25) is 0 Å². The first kappa shape index (κ1) is 11.5. The zero-order chi connectivity index (χ0) is 12.8. The summed E-state index contributed by atoms with van der Waals surface area (Å²) in [6.07, 6.45) is 2.80. The summed E-state index contributed by atoms with van der Waals surface area (Å²) in [5, 5.41) is 17.5. The Balaban J connectivity index is 1.89. The second-order valence-electron chi connectivity index (χ2n) is 4.70. The van der Waals surface area contributed by atoms with Gasteiger partial charge in [-0.1, -0.05) is 0 Å². The van der Waals surface area contributed by atoms with Crippen molar-refractivity contribution in [3.05, 3.63) is 24.2 Å². The van der Waals surface area contributed by atoms with Gasteiger partial charge in [0, 0.05) is 6.42 Å². The summed E-state index contributed by atoms with van der Waals surface area (Å²) in [6, 6.07) is 3.23. The summed E-state index contributed by atoms with van der Waals surface area (Å²) in [6.45, 7) is 0. The Labute approximate surface area is 104 Å². The van der Waals surface area contributed by atoms with Gasteiger partial charge in [0.1, 0.15) is 11.6 Å². The van der Waals surface area contributed by atoms with Crippen LogP contribution in [0.1, 0.15) is 12.2 Å². The van der Waals surface area contributed by atoms with Crippen molar-refractivity contribution < 1.29 is 13.5 Å². The van der Waals surface area contributed by atoms with Crippen LogP contribution in [0.5, 0.6) is 5.75 Å². The fourth-order valence-electron chi connectivity index (χ4n) is 2.36. The lowest BCUT2D eigenvalue weighted by atomic mass is 10.1. The van der Waals surface area contributed by atoms with Crippen molar-refractivity contribution in [1.29, 1.82) is 0 Å². The number of fused-ring (bicyclic) bond motifs is 1. The van der Waals surface area contributed by atoms with Crippen LogP contribution in [0.3, 0.4) is 0 Å². The Bertz CT molecular complexity index is 693. The van der Waals surface area contributed by atoms with Crippen molar-refractivity contribution in [2.45, 2.75) is 12.8 Å². The Morgan fingerprint density at radius 3 is 2.94 bits per heavy atom. The van der Waals surface area contributed by atoms with Crippen molar-refractivity contribution in [3.63, 3.8) is 0 Å². The number of pyridine rings is 1. The monoisotopic (exact) mass is 267 g/mol. The molecule has 0 amide bonds. The second-order valence-corrected chi connectivity index (χ2v) is 6.93. The quantitative estimate of drug-likeness (QED) is 0.852. The van der Waals surface area contributed by atoms with Gasteiger partial charge < -0.3 is 5.11 Å². The number of aromatic nitrogens is 3. The number of rotatable bonds is 2. The molecule has 0 radical (unpaired) electrons. The van der Waals surface area contributed by atoms with Crippen LogP contribution >= 0.6 is 0 Å². The van der Waals surface area contributed by atoms with Crippen LogP contribution in [0.4, 0.5) is 0 Å². The largest absolute Gasteiger partial charge is 0.506 e. The van der Waals surface area contributed by atoms with Gasteiger partial charge >= 0.3 is 0 Å². The van der Waals surface area contributed by atoms with Crippen molar-refractivity contribution in [2.75, 3.05) is 11.5 Å². The van der Waals surface area contributed by atoms with Gasteiger partial charge in [0.15, 0.2) is 15.5 Å². The summed E-state index contributed by atoms with van der Waals surface area (Å²) in [4.78, 5) is 0. The van der Waals surface area contributed by atoms with Crippen molar-refractivity contribution >= 4 is 15.5 Å². The lowest BCUT2D eigenvalue weighted by Crippen LogP contribution is -2.09. The van der Waals surface area contributed by atoms with E-state index in [4.69, 9.17) is 0 Å². The predicted molar refractivity (Wildman–Crippen MR) is 65.1 cm³/mol. The van der Waals surface area contributed by atoms with Gasteiger partial charge in [-0.15, -0.1) is 10.2 Å². The molecule has 0 spiro atoms. The van der Waals surface area contributed by atoms with Crippen LogP contribution in [-0.2, 0) is 16.3 Å². The van der Waals surface area contributed by atoms with E-state index in [0.717, 1.165) is 0 Å². The highest BCUT2D eigenvalue weighted by Gasteiger charge is 2.29. The topological polar surface area (TPSA) is 84.6 Å². The Kier molecular flexibility index (Phi) is 2.51. The highest BCUT2D eigenvalue weighted by Crippen LogP contribution is 2.22. The normalized spacial score (nSPS) is 22.6. The third-order valence-corrected chi connectivity index (χ3v) is 5.09. The van der Waals surface area contributed by atoms with Gasteiger partial charge in [-0.05, 0) is 24.5 Å². The fourth-order valence-corrected chi connectivity index (χ4v) is 4.22. The van der Waals surface area contributed by atoms with Crippen LogP contribution in [0, 0.1) is 5.92 Å². The molecular weight excluding hydrogens is 254 g/mol. The van der Waals surface area contributed by atoms with Gasteiger partial charge in [-0.3, -0.25) is 4.40 Å². The Morgan fingerprint density at radius 2 is 2.22 bits per heavy atom. The molecule has 0 aromatic carbocycles. The van der Waals surface area contributed by atoms with Crippen LogP contribution in [0.25, 0.3) is 5.65 Å². The molecular formula is C11H13N3O3S. The standard InChI is InChI=1S/C11H13N3O3S/c15-9-1-2-10-12-13-11(14(10)6-9)5-8-3-4-18(16,17)7-8/h1-2,6,8,15H,3-5,7H2. The number of nitrogens with zero attached hydrogens (tertiary/aromatic N) is 3. The van der Waals surface area contributed by atoms with Crippen LogP contribution in [0.15, 0.2) is 18.3 Å². The summed E-state index contributed by atoms with van der Waals surface area (Å²) < 4.78 is 24.5. The van der Waals surface area contributed by atoms with E-state index in [-0.39, 0.29) is 23.2 Å². The third kappa shape index (κ3) is 2.05. The maximum Gasteiger partial charge on any atom is 0.161 e. The molecule has 18 heavy (non-hydrogen) atoms. The van der Waals surface area contributed by atoms with Gasteiger partial charge in [-0.2, -0.15) is 0 Å². The molecule has 0 bridgehead atoms. The first-order valence-corrected chi connectivity index (χ1v) is 7.59. The van der Waals surface area contributed by atoms with Crippen molar-refractivity contribution in [3.8, 4) is 5.75 Å². The van der Waals surface area contributed by atoms with E-state index in [9.17, 15) is 13.5 Å². The molecule has 0 aliphatic carbocycles. The van der Waals surface area contributed by atoms with E-state index in [1.54, 1.807) is 22.7 Å². The van der Waals surface area contributed by atoms with Gasteiger partial charge in [-0.25, -0.2) is 8.42 Å². The molecule has 1 unspecified atom stereocenters. The third-order valence-electron chi connectivity index (χ3n) is 3.26. The minimum atomic E-state index is -2.87. The molecule has 1 atom stereocenters. The molecule has 1 aliphatic rings. The number of sulfone groups is 1. The molecule has 1 N–H and O–H groups in total. The number of hydrogen-bond acceptors (Lipinski definition) is 5. The maximum atomic E-state index is 11.4. The first-order valence-electron chi connectivity index (χ1n) is 5.76. The summed E-state index contributed by atoms with van der Waals surface area (Å²) in [5.41, 5.74) is 0.656. The average Bonchev–Trinajstić information content (AvgIpc) is 2.84. The molecule has 2 aromatic heterocycles. The van der Waals surface area contributed by atoms with Gasteiger partial charge in [0.05, 0.1) is 17.7 Å². The Hall–Kier alpha value is -1.63. The zero-order valence-corrected chi connectivity index (χ0v) is 10.5. The molecule has 96 valence electrons. The van der Waals surface area contributed by atoms with Gasteiger partial charge in [0.2, 0.25) is 0 Å². The van der Waals surface area contributed by atoms with E-state index in [1.165, 1.54) is 0 Å². The average molecular weight is 267 g/mol. The van der Waals surface area contributed by atoms with Crippen LogP contribution in [-0.4, -0.2) is 39.6 Å². The van der Waals surface area contributed by atoms with E-state index < -0.39 is 9.84 Å². The molecule has 3 rings (SSSR count). The molecule has 2 aromatic rings. The minimum absolute atomic E-state index is 0.102. The lowest BCUT2D eigenvalue weighted by molar-refractivity contribution is 0.471. The maximum absolute atomic E-state index is 11.4. The lowest BCUT2D eigenvalue weighted by Gasteiger charge is -2.05. The fraction of sp³-hybridized carbons (Fsp3) is 0.455. The van der Waals surface area contributed by atoms with E-state index in [2.05, 4.69) is 10.2 Å². The zero-order valence-electron chi connectivity index (χ0n) is 9.65. The minimum Gasteiger partial charge on any atom is -0.506 e. The smallest absolute Gasteiger partial charge is 0.161 e. The highest BCUT2D eigenvalue weighted by molar-refractivity contribution is 7.91. The Morgan fingerprint density at radius 1 is 1.39 bits per heavy atom. The first-order chi connectivity index (χ1) is 8.53. The van der Waals surface area contributed by atoms with E-state index in [0.29, 0.717) is 24.3 Å². The molecule has 1 aliphatic heterocycles. The molecule has 0 saturated carbocycles. The van der Waals surface area contributed by atoms with Crippen molar-refractivity contribution in [2.24, 2.45) is 5.92 Å². The van der Waals surface area contributed by atoms with Crippen molar-refractivity contribution in [1.82, 2.24) is 14.6 Å². The van der Waals surface area contributed by atoms with E-state index in [1.807, 2.05) is 0 Å². The number of aromatic hydroxyl groups is 1.